The number of H-pyrrole nitrogens is 1. The lowest BCUT2D eigenvalue weighted by Gasteiger charge is -2.21. The van der Waals surface area contributed by atoms with Crippen molar-refractivity contribution >= 4 is 10.9 Å². The van der Waals surface area contributed by atoms with E-state index in [1.54, 1.807) is 7.11 Å². The number of pyridine rings is 1. The third-order valence-corrected chi connectivity index (χ3v) is 5.65. The first kappa shape index (κ1) is 17.1. The summed E-state index contributed by atoms with van der Waals surface area (Å²) in [5, 5.41) is 8.91. The molecule has 0 unspecified atom stereocenters. The fraction of sp³-hybridized carbons (Fsp3) is 0.455. The van der Waals surface area contributed by atoms with E-state index in [4.69, 9.17) is 9.72 Å². The highest BCUT2D eigenvalue weighted by Gasteiger charge is 2.16. The molecule has 1 saturated carbocycles. The average molecular weight is 349 g/mol. The number of hydrogen-bond donors (Lipinski definition) is 1. The maximum atomic E-state index is 5.37. The van der Waals surface area contributed by atoms with E-state index < -0.39 is 0 Å². The number of ether oxygens (including phenoxy) is 1. The Bertz CT molecular complexity index is 865. The Kier molecular flexibility index (Phi) is 5.19. The van der Waals surface area contributed by atoms with Gasteiger partial charge in [-0.25, -0.2) is 0 Å². The summed E-state index contributed by atoms with van der Waals surface area (Å²) in [6, 6.07) is 10.1. The molecule has 1 N–H and O–H groups in total. The van der Waals surface area contributed by atoms with Gasteiger partial charge >= 0.3 is 0 Å². The molecule has 2 heterocycles. The summed E-state index contributed by atoms with van der Waals surface area (Å²) in [7, 11) is 1.69. The van der Waals surface area contributed by atoms with Gasteiger partial charge in [-0.1, -0.05) is 50.7 Å². The van der Waals surface area contributed by atoms with Crippen molar-refractivity contribution in [3.8, 4) is 17.0 Å². The predicted octanol–water partition coefficient (Wildman–Crippen LogP) is 5.54. The highest BCUT2D eigenvalue weighted by molar-refractivity contribution is 5.94. The molecule has 1 aromatic carbocycles. The Hall–Kier alpha value is -2.36. The maximum absolute atomic E-state index is 5.37. The first-order chi connectivity index (χ1) is 12.8. The van der Waals surface area contributed by atoms with E-state index in [0.29, 0.717) is 0 Å². The molecule has 0 bridgehead atoms. The van der Waals surface area contributed by atoms with Crippen molar-refractivity contribution in [2.45, 2.75) is 51.4 Å². The van der Waals surface area contributed by atoms with E-state index in [0.717, 1.165) is 45.9 Å². The Morgan fingerprint density at radius 3 is 2.88 bits per heavy atom. The predicted molar refractivity (Wildman–Crippen MR) is 105 cm³/mol. The molecule has 26 heavy (non-hydrogen) atoms. The lowest BCUT2D eigenvalue weighted by Crippen LogP contribution is -2.06. The van der Waals surface area contributed by atoms with Crippen LogP contribution in [0.25, 0.3) is 22.2 Å². The number of rotatable bonds is 6. The smallest absolute Gasteiger partial charge is 0.119 e. The number of nitrogens with one attached hydrogen (secondary N) is 1. The van der Waals surface area contributed by atoms with Crippen molar-refractivity contribution in [3.05, 3.63) is 42.2 Å². The van der Waals surface area contributed by atoms with E-state index in [2.05, 4.69) is 16.3 Å². The average Bonchev–Trinajstić information content (AvgIpc) is 3.14. The number of nitrogens with zero attached hydrogens (tertiary/aromatic N) is 2. The molecule has 1 aliphatic carbocycles. The van der Waals surface area contributed by atoms with Crippen LogP contribution in [0, 0.1) is 5.92 Å². The Morgan fingerprint density at radius 1 is 1.15 bits per heavy atom. The molecule has 0 atom stereocenters. The highest BCUT2D eigenvalue weighted by atomic mass is 16.5. The first-order valence-corrected chi connectivity index (χ1v) is 9.81. The van der Waals surface area contributed by atoms with Gasteiger partial charge in [-0.2, -0.15) is 5.10 Å². The number of benzene rings is 1. The van der Waals surface area contributed by atoms with Gasteiger partial charge in [-0.15, -0.1) is 0 Å². The van der Waals surface area contributed by atoms with Crippen LogP contribution in [-0.2, 0) is 6.42 Å². The highest BCUT2D eigenvalue weighted by Crippen LogP contribution is 2.32. The molecular weight excluding hydrogens is 322 g/mol. The summed E-state index contributed by atoms with van der Waals surface area (Å²) in [5.74, 6) is 1.77. The quantitative estimate of drug-likeness (QED) is 0.636. The van der Waals surface area contributed by atoms with Crippen molar-refractivity contribution in [1.29, 1.82) is 0 Å². The van der Waals surface area contributed by atoms with Crippen molar-refractivity contribution in [2.24, 2.45) is 5.92 Å². The molecule has 2 aromatic heterocycles. The van der Waals surface area contributed by atoms with E-state index in [9.17, 15) is 0 Å². The molecule has 136 valence electrons. The number of methoxy groups -OCH3 is 1. The molecule has 1 aliphatic rings. The molecule has 0 spiro atoms. The Morgan fingerprint density at radius 2 is 2.04 bits per heavy atom. The van der Waals surface area contributed by atoms with Gasteiger partial charge in [0, 0.05) is 17.1 Å². The number of fused-ring (bicyclic) bond motifs is 1. The van der Waals surface area contributed by atoms with Gasteiger partial charge < -0.3 is 4.74 Å². The monoisotopic (exact) mass is 349 g/mol. The molecule has 4 nitrogen and oxygen atoms in total. The molecule has 3 aromatic rings. The number of hydrogen-bond acceptors (Lipinski definition) is 3. The Balaban J connectivity index is 1.57. The molecule has 1 fully saturated rings. The molecule has 0 saturated heterocycles. The van der Waals surface area contributed by atoms with Gasteiger partial charge in [0.1, 0.15) is 11.4 Å². The normalized spacial score (nSPS) is 15.4. The number of aromatic amines is 1. The van der Waals surface area contributed by atoms with E-state index >= 15 is 0 Å². The van der Waals surface area contributed by atoms with Crippen LogP contribution in [0.4, 0.5) is 0 Å². The van der Waals surface area contributed by atoms with Gasteiger partial charge in [-0.05, 0) is 37.0 Å². The van der Waals surface area contributed by atoms with Crippen LogP contribution in [0.1, 0.15) is 50.6 Å². The second-order valence-corrected chi connectivity index (χ2v) is 7.38. The zero-order chi connectivity index (χ0) is 17.8. The SMILES string of the molecule is COc1cccc(-c2n[nH]c3ccnc(CCCC4CCCCC4)c23)c1. The molecule has 0 amide bonds. The summed E-state index contributed by atoms with van der Waals surface area (Å²) in [6.07, 6.45) is 12.5. The maximum Gasteiger partial charge on any atom is 0.119 e. The molecule has 4 heteroatoms. The lowest BCUT2D eigenvalue weighted by molar-refractivity contribution is 0.332. The minimum atomic E-state index is 0.849. The Labute approximate surface area is 155 Å². The number of aryl methyl sites for hydroxylation is 1. The van der Waals surface area contributed by atoms with E-state index in [-0.39, 0.29) is 0 Å². The largest absolute Gasteiger partial charge is 0.497 e. The van der Waals surface area contributed by atoms with Crippen LogP contribution >= 0.6 is 0 Å². The fourth-order valence-corrected chi connectivity index (χ4v) is 4.24. The van der Waals surface area contributed by atoms with Crippen LogP contribution in [0.15, 0.2) is 36.5 Å². The first-order valence-electron chi connectivity index (χ1n) is 9.81. The van der Waals surface area contributed by atoms with E-state index in [1.807, 2.05) is 30.5 Å². The second kappa shape index (κ2) is 7.90. The molecular formula is C22H27N3O. The summed E-state index contributed by atoms with van der Waals surface area (Å²) in [5.41, 5.74) is 4.26. The van der Waals surface area contributed by atoms with Gasteiger partial charge in [0.15, 0.2) is 0 Å². The third kappa shape index (κ3) is 3.59. The van der Waals surface area contributed by atoms with Crippen molar-refractivity contribution in [2.75, 3.05) is 7.11 Å². The van der Waals surface area contributed by atoms with Gasteiger partial charge in [0.2, 0.25) is 0 Å². The zero-order valence-electron chi connectivity index (χ0n) is 15.5. The van der Waals surface area contributed by atoms with Crippen molar-refractivity contribution < 1.29 is 4.74 Å². The second-order valence-electron chi connectivity index (χ2n) is 7.38. The van der Waals surface area contributed by atoms with Gasteiger partial charge in [-0.3, -0.25) is 10.1 Å². The lowest BCUT2D eigenvalue weighted by atomic mass is 9.85. The minimum absolute atomic E-state index is 0.849. The summed E-state index contributed by atoms with van der Waals surface area (Å²) in [6.45, 7) is 0. The van der Waals surface area contributed by atoms with Gasteiger partial charge in [0.25, 0.3) is 0 Å². The fourth-order valence-electron chi connectivity index (χ4n) is 4.24. The van der Waals surface area contributed by atoms with Gasteiger partial charge in [0.05, 0.1) is 18.3 Å². The standard InChI is InChI=1S/C22H27N3O/c1-26-18-11-6-10-17(15-18)22-21-19(23-14-13-20(21)24-25-22)12-5-9-16-7-3-2-4-8-16/h6,10-11,13-16H,2-5,7-9,12H2,1H3,(H,24,25). The molecule has 4 rings (SSSR count). The number of aromatic nitrogens is 3. The minimum Gasteiger partial charge on any atom is -0.497 e. The third-order valence-electron chi connectivity index (χ3n) is 5.65. The summed E-state index contributed by atoms with van der Waals surface area (Å²) >= 11 is 0. The van der Waals surface area contributed by atoms with Crippen LogP contribution in [0.5, 0.6) is 5.75 Å². The van der Waals surface area contributed by atoms with Crippen LogP contribution in [-0.4, -0.2) is 22.3 Å². The molecule has 0 radical (unpaired) electrons. The van der Waals surface area contributed by atoms with Crippen LogP contribution < -0.4 is 4.74 Å². The molecule has 0 aliphatic heterocycles. The van der Waals surface area contributed by atoms with Crippen molar-refractivity contribution in [1.82, 2.24) is 15.2 Å². The van der Waals surface area contributed by atoms with Crippen LogP contribution in [0.2, 0.25) is 0 Å². The van der Waals surface area contributed by atoms with Crippen molar-refractivity contribution in [3.63, 3.8) is 0 Å². The van der Waals surface area contributed by atoms with E-state index in [1.165, 1.54) is 44.9 Å². The van der Waals surface area contributed by atoms with Crippen LogP contribution in [0.3, 0.4) is 0 Å². The summed E-state index contributed by atoms with van der Waals surface area (Å²) < 4.78 is 5.37. The zero-order valence-corrected chi connectivity index (χ0v) is 15.5. The topological polar surface area (TPSA) is 50.8 Å². The summed E-state index contributed by atoms with van der Waals surface area (Å²) in [4.78, 5) is 4.70.